The molecule has 1 aromatic heterocycles. The number of nitrogens with one attached hydrogen (secondary N) is 1. The first kappa shape index (κ1) is 15.9. The lowest BCUT2D eigenvalue weighted by Gasteiger charge is -2.11. The van der Waals surface area contributed by atoms with Crippen LogP contribution in [0.1, 0.15) is 28.3 Å². The van der Waals surface area contributed by atoms with Gasteiger partial charge in [0.25, 0.3) is 0 Å². The van der Waals surface area contributed by atoms with E-state index < -0.39 is 0 Å². The van der Waals surface area contributed by atoms with E-state index in [0.29, 0.717) is 17.3 Å². The molecular formula is C16H19ClFN3. The van der Waals surface area contributed by atoms with Crippen molar-refractivity contribution in [1.29, 1.82) is 0 Å². The minimum Gasteiger partial charge on any atom is -0.319 e. The van der Waals surface area contributed by atoms with Gasteiger partial charge in [0.2, 0.25) is 0 Å². The second kappa shape index (κ2) is 6.96. The predicted octanol–water partition coefficient (Wildman–Crippen LogP) is 3.24. The minimum atomic E-state index is -0.334. The first-order valence-electron chi connectivity index (χ1n) is 6.92. The van der Waals surface area contributed by atoms with Crippen LogP contribution in [0.4, 0.5) is 4.39 Å². The summed E-state index contributed by atoms with van der Waals surface area (Å²) in [6.45, 7) is 4.89. The zero-order chi connectivity index (χ0) is 15.4. The SMILES string of the molecule is CNCCc1c(C)nc(Cc2ccc(F)cc2Cl)nc1C. The molecule has 0 aliphatic heterocycles. The maximum absolute atomic E-state index is 13.1. The van der Waals surface area contributed by atoms with Gasteiger partial charge in [0.15, 0.2) is 0 Å². The van der Waals surface area contributed by atoms with Crippen LogP contribution >= 0.6 is 11.6 Å². The van der Waals surface area contributed by atoms with Crippen molar-refractivity contribution in [3.63, 3.8) is 0 Å². The molecule has 0 spiro atoms. The normalized spacial score (nSPS) is 10.9. The number of rotatable bonds is 5. The largest absolute Gasteiger partial charge is 0.319 e. The number of aromatic nitrogens is 2. The standard InChI is InChI=1S/C16H19ClFN3/c1-10-14(6-7-19-3)11(2)21-16(20-10)8-12-4-5-13(18)9-15(12)17/h4-5,9,19H,6-8H2,1-3H3. The van der Waals surface area contributed by atoms with Crippen molar-refractivity contribution < 1.29 is 4.39 Å². The van der Waals surface area contributed by atoms with E-state index in [1.165, 1.54) is 17.7 Å². The van der Waals surface area contributed by atoms with Crippen LogP contribution in [0.25, 0.3) is 0 Å². The monoisotopic (exact) mass is 307 g/mol. The van der Waals surface area contributed by atoms with Crippen LogP contribution in [0.15, 0.2) is 18.2 Å². The number of nitrogens with zero attached hydrogens (tertiary/aromatic N) is 2. The van der Waals surface area contributed by atoms with Gasteiger partial charge in [0.05, 0.1) is 0 Å². The van der Waals surface area contributed by atoms with E-state index in [1.807, 2.05) is 20.9 Å². The molecule has 0 aliphatic rings. The second-order valence-electron chi connectivity index (χ2n) is 5.06. The lowest BCUT2D eigenvalue weighted by molar-refractivity contribution is 0.627. The van der Waals surface area contributed by atoms with E-state index in [2.05, 4.69) is 15.3 Å². The maximum Gasteiger partial charge on any atom is 0.133 e. The molecule has 1 N–H and O–H groups in total. The summed E-state index contributed by atoms with van der Waals surface area (Å²) in [4.78, 5) is 9.11. The molecule has 2 rings (SSSR count). The van der Waals surface area contributed by atoms with Gasteiger partial charge in [0, 0.05) is 22.8 Å². The molecule has 0 saturated carbocycles. The number of benzene rings is 1. The number of hydrogen-bond donors (Lipinski definition) is 1. The molecule has 21 heavy (non-hydrogen) atoms. The fourth-order valence-electron chi connectivity index (χ4n) is 2.34. The van der Waals surface area contributed by atoms with Crippen LogP contribution in [-0.4, -0.2) is 23.6 Å². The number of halogens is 2. The highest BCUT2D eigenvalue weighted by Gasteiger charge is 2.10. The molecule has 1 aromatic carbocycles. The highest BCUT2D eigenvalue weighted by molar-refractivity contribution is 6.31. The molecule has 0 aliphatic carbocycles. The molecule has 2 aromatic rings. The molecular weight excluding hydrogens is 289 g/mol. The van der Waals surface area contributed by atoms with Gasteiger partial charge in [0.1, 0.15) is 11.6 Å². The zero-order valence-electron chi connectivity index (χ0n) is 12.5. The Balaban J connectivity index is 2.25. The second-order valence-corrected chi connectivity index (χ2v) is 5.46. The third-order valence-electron chi connectivity index (χ3n) is 3.46. The van der Waals surface area contributed by atoms with E-state index in [-0.39, 0.29) is 5.82 Å². The fraction of sp³-hybridized carbons (Fsp3) is 0.375. The zero-order valence-corrected chi connectivity index (χ0v) is 13.3. The quantitative estimate of drug-likeness (QED) is 0.921. The van der Waals surface area contributed by atoms with E-state index in [4.69, 9.17) is 11.6 Å². The Bertz CT molecular complexity index is 620. The Morgan fingerprint density at radius 2 is 1.86 bits per heavy atom. The lowest BCUT2D eigenvalue weighted by atomic mass is 10.1. The number of aryl methyl sites for hydroxylation is 2. The summed E-state index contributed by atoms with van der Waals surface area (Å²) in [5.41, 5.74) is 4.00. The summed E-state index contributed by atoms with van der Waals surface area (Å²) in [6, 6.07) is 4.40. The predicted molar refractivity (Wildman–Crippen MR) is 83.4 cm³/mol. The van der Waals surface area contributed by atoms with Crippen LogP contribution < -0.4 is 5.32 Å². The molecule has 0 unspecified atom stereocenters. The van der Waals surface area contributed by atoms with Gasteiger partial charge in [-0.25, -0.2) is 14.4 Å². The number of likely N-dealkylation sites (N-methyl/N-ethyl adjacent to an activating group) is 1. The van der Waals surface area contributed by atoms with Crippen molar-refractivity contribution in [2.45, 2.75) is 26.7 Å². The summed E-state index contributed by atoms with van der Waals surface area (Å²) in [7, 11) is 1.93. The highest BCUT2D eigenvalue weighted by Crippen LogP contribution is 2.20. The summed E-state index contributed by atoms with van der Waals surface area (Å²) in [5.74, 6) is 0.381. The third-order valence-corrected chi connectivity index (χ3v) is 3.81. The van der Waals surface area contributed by atoms with E-state index in [9.17, 15) is 4.39 Å². The van der Waals surface area contributed by atoms with Gasteiger partial charge in [-0.15, -0.1) is 0 Å². The van der Waals surface area contributed by atoms with Crippen LogP contribution in [0.2, 0.25) is 5.02 Å². The maximum atomic E-state index is 13.1. The van der Waals surface area contributed by atoms with Gasteiger partial charge >= 0.3 is 0 Å². The van der Waals surface area contributed by atoms with Crippen molar-refractivity contribution in [3.05, 3.63) is 57.4 Å². The van der Waals surface area contributed by atoms with Crippen molar-refractivity contribution in [2.24, 2.45) is 0 Å². The molecule has 0 radical (unpaired) electrons. The van der Waals surface area contributed by atoms with Crippen LogP contribution in [0, 0.1) is 19.7 Å². The summed E-state index contributed by atoms with van der Waals surface area (Å²) < 4.78 is 13.1. The van der Waals surface area contributed by atoms with Gasteiger partial charge in [-0.3, -0.25) is 0 Å². The summed E-state index contributed by atoms with van der Waals surface area (Å²) >= 11 is 6.05. The van der Waals surface area contributed by atoms with E-state index >= 15 is 0 Å². The molecule has 112 valence electrons. The average Bonchev–Trinajstić information content (AvgIpc) is 2.41. The molecule has 5 heteroatoms. The van der Waals surface area contributed by atoms with Gasteiger partial charge in [-0.1, -0.05) is 17.7 Å². The Morgan fingerprint density at radius 3 is 2.43 bits per heavy atom. The molecule has 0 fully saturated rings. The number of hydrogen-bond acceptors (Lipinski definition) is 3. The Morgan fingerprint density at radius 1 is 1.19 bits per heavy atom. The first-order valence-corrected chi connectivity index (χ1v) is 7.30. The topological polar surface area (TPSA) is 37.8 Å². The molecule has 0 amide bonds. The van der Waals surface area contributed by atoms with Crippen molar-refractivity contribution in [1.82, 2.24) is 15.3 Å². The molecule has 3 nitrogen and oxygen atoms in total. The minimum absolute atomic E-state index is 0.334. The molecule has 0 bridgehead atoms. The van der Waals surface area contributed by atoms with E-state index in [1.54, 1.807) is 6.07 Å². The highest BCUT2D eigenvalue weighted by atomic mass is 35.5. The van der Waals surface area contributed by atoms with Gasteiger partial charge in [-0.2, -0.15) is 0 Å². The third kappa shape index (κ3) is 3.99. The van der Waals surface area contributed by atoms with Gasteiger partial charge in [-0.05, 0) is 57.1 Å². The molecule has 1 heterocycles. The van der Waals surface area contributed by atoms with Crippen molar-refractivity contribution in [2.75, 3.05) is 13.6 Å². The van der Waals surface area contributed by atoms with Gasteiger partial charge < -0.3 is 5.32 Å². The molecule has 0 atom stereocenters. The summed E-state index contributed by atoms with van der Waals surface area (Å²) in [6.07, 6.45) is 1.42. The lowest BCUT2D eigenvalue weighted by Crippen LogP contribution is -2.14. The van der Waals surface area contributed by atoms with Crippen LogP contribution in [0.3, 0.4) is 0 Å². The average molecular weight is 308 g/mol. The molecule has 0 saturated heterocycles. The van der Waals surface area contributed by atoms with Crippen LogP contribution in [-0.2, 0) is 12.8 Å². The fourth-order valence-corrected chi connectivity index (χ4v) is 2.57. The van der Waals surface area contributed by atoms with Crippen molar-refractivity contribution >= 4 is 11.6 Å². The van der Waals surface area contributed by atoms with E-state index in [0.717, 1.165) is 29.9 Å². The smallest absolute Gasteiger partial charge is 0.133 e. The summed E-state index contributed by atoms with van der Waals surface area (Å²) in [5, 5.41) is 3.54. The Labute approximate surface area is 129 Å². The van der Waals surface area contributed by atoms with Crippen LogP contribution in [0.5, 0.6) is 0 Å². The Hall–Kier alpha value is -1.52. The van der Waals surface area contributed by atoms with Crippen molar-refractivity contribution in [3.8, 4) is 0 Å². The Kier molecular flexibility index (Phi) is 5.26. The first-order chi connectivity index (χ1) is 10.0.